The van der Waals surface area contributed by atoms with Crippen molar-refractivity contribution in [2.45, 2.75) is 12.8 Å². The summed E-state index contributed by atoms with van der Waals surface area (Å²) < 4.78 is 21.9. The molecule has 0 bridgehead atoms. The molecule has 0 fully saturated rings. The van der Waals surface area contributed by atoms with Gasteiger partial charge in [-0.1, -0.05) is 30.3 Å². The van der Waals surface area contributed by atoms with Crippen molar-refractivity contribution < 1.29 is 13.2 Å². The van der Waals surface area contributed by atoms with Crippen LogP contribution in [-0.2, 0) is 21.1 Å². The number of sulfone groups is 1. The molecule has 0 radical (unpaired) electrons. The van der Waals surface area contributed by atoms with Gasteiger partial charge >= 0.3 is 0 Å². The SMILES string of the molecule is CS(=O)(=O)CCNC(=O)CCc1csc(-c2ccccc2)n1. The molecule has 118 valence electrons. The predicted octanol–water partition coefficient (Wildman–Crippen LogP) is 1.90. The van der Waals surface area contributed by atoms with Gasteiger partial charge in [0.2, 0.25) is 5.91 Å². The van der Waals surface area contributed by atoms with Crippen LogP contribution in [0.25, 0.3) is 10.6 Å². The first-order valence-corrected chi connectivity index (χ1v) is 9.82. The fraction of sp³-hybridized carbons (Fsp3) is 0.333. The molecule has 5 nitrogen and oxygen atoms in total. The zero-order chi connectivity index (χ0) is 16.0. The largest absolute Gasteiger partial charge is 0.355 e. The van der Waals surface area contributed by atoms with E-state index in [2.05, 4.69) is 10.3 Å². The lowest BCUT2D eigenvalue weighted by Crippen LogP contribution is -2.28. The van der Waals surface area contributed by atoms with Crippen molar-refractivity contribution in [3.63, 3.8) is 0 Å². The summed E-state index contributed by atoms with van der Waals surface area (Å²) in [4.78, 5) is 16.2. The van der Waals surface area contributed by atoms with Gasteiger partial charge in [-0.05, 0) is 6.42 Å². The zero-order valence-electron chi connectivity index (χ0n) is 12.3. The number of aryl methyl sites for hydroxylation is 1. The van der Waals surface area contributed by atoms with E-state index < -0.39 is 9.84 Å². The van der Waals surface area contributed by atoms with Gasteiger partial charge in [-0.15, -0.1) is 11.3 Å². The Morgan fingerprint density at radius 3 is 2.68 bits per heavy atom. The lowest BCUT2D eigenvalue weighted by molar-refractivity contribution is -0.120. The van der Waals surface area contributed by atoms with E-state index in [0.717, 1.165) is 22.5 Å². The third kappa shape index (κ3) is 5.57. The van der Waals surface area contributed by atoms with E-state index >= 15 is 0 Å². The summed E-state index contributed by atoms with van der Waals surface area (Å²) in [5, 5.41) is 5.49. The molecule has 0 aliphatic heterocycles. The number of carbonyl (C=O) groups excluding carboxylic acids is 1. The summed E-state index contributed by atoms with van der Waals surface area (Å²) in [6.07, 6.45) is 2.01. The van der Waals surface area contributed by atoms with Crippen LogP contribution in [0.3, 0.4) is 0 Å². The number of amides is 1. The molecule has 1 aromatic heterocycles. The van der Waals surface area contributed by atoms with Crippen molar-refractivity contribution in [3.05, 3.63) is 41.4 Å². The molecule has 1 aromatic carbocycles. The van der Waals surface area contributed by atoms with Crippen LogP contribution in [0.2, 0.25) is 0 Å². The lowest BCUT2D eigenvalue weighted by Gasteiger charge is -2.03. The van der Waals surface area contributed by atoms with E-state index in [4.69, 9.17) is 0 Å². The Balaban J connectivity index is 1.80. The van der Waals surface area contributed by atoms with Gasteiger partial charge in [0.15, 0.2) is 0 Å². The molecule has 2 rings (SSSR count). The third-order valence-corrected chi connectivity index (χ3v) is 4.86. The molecule has 2 aromatic rings. The van der Waals surface area contributed by atoms with Gasteiger partial charge in [0.05, 0.1) is 11.4 Å². The average Bonchev–Trinajstić information content (AvgIpc) is 2.94. The summed E-state index contributed by atoms with van der Waals surface area (Å²) in [6, 6.07) is 9.89. The minimum absolute atomic E-state index is 0.0341. The summed E-state index contributed by atoms with van der Waals surface area (Å²) >= 11 is 1.55. The van der Waals surface area contributed by atoms with Crippen LogP contribution in [0.1, 0.15) is 12.1 Å². The zero-order valence-corrected chi connectivity index (χ0v) is 13.9. The normalized spacial score (nSPS) is 11.3. The molecule has 0 saturated heterocycles. The van der Waals surface area contributed by atoms with Gasteiger partial charge in [-0.3, -0.25) is 4.79 Å². The van der Waals surface area contributed by atoms with E-state index in [0.29, 0.717) is 12.8 Å². The van der Waals surface area contributed by atoms with Crippen molar-refractivity contribution in [2.75, 3.05) is 18.6 Å². The number of aromatic nitrogens is 1. The standard InChI is InChI=1S/C15H18N2O3S2/c1-22(19,20)10-9-16-14(18)8-7-13-11-21-15(17-13)12-5-3-2-4-6-12/h2-6,11H,7-10H2,1H3,(H,16,18). The van der Waals surface area contributed by atoms with Crippen LogP contribution in [-0.4, -0.2) is 37.9 Å². The Morgan fingerprint density at radius 1 is 1.27 bits per heavy atom. The highest BCUT2D eigenvalue weighted by molar-refractivity contribution is 7.90. The Kier molecular flexibility index (Phi) is 5.68. The van der Waals surface area contributed by atoms with Crippen molar-refractivity contribution in [3.8, 4) is 10.6 Å². The molecule has 0 spiro atoms. The van der Waals surface area contributed by atoms with Crippen LogP contribution in [0, 0.1) is 0 Å². The molecular formula is C15H18N2O3S2. The van der Waals surface area contributed by atoms with Crippen LogP contribution in [0.4, 0.5) is 0 Å². The number of hydrogen-bond donors (Lipinski definition) is 1. The quantitative estimate of drug-likeness (QED) is 0.836. The molecule has 1 N–H and O–H groups in total. The first-order chi connectivity index (χ1) is 10.4. The highest BCUT2D eigenvalue weighted by Crippen LogP contribution is 2.23. The minimum atomic E-state index is -3.04. The Labute approximate surface area is 134 Å². The van der Waals surface area contributed by atoms with Crippen molar-refractivity contribution in [1.82, 2.24) is 10.3 Å². The minimum Gasteiger partial charge on any atom is -0.355 e. The number of benzene rings is 1. The number of carbonyl (C=O) groups is 1. The van der Waals surface area contributed by atoms with Gasteiger partial charge in [0.1, 0.15) is 14.8 Å². The maximum Gasteiger partial charge on any atom is 0.220 e. The van der Waals surface area contributed by atoms with Gasteiger partial charge in [-0.25, -0.2) is 13.4 Å². The molecule has 7 heteroatoms. The van der Waals surface area contributed by atoms with Crippen LogP contribution in [0.5, 0.6) is 0 Å². The fourth-order valence-electron chi connectivity index (χ4n) is 1.84. The second-order valence-electron chi connectivity index (χ2n) is 4.99. The van der Waals surface area contributed by atoms with E-state index in [9.17, 15) is 13.2 Å². The van der Waals surface area contributed by atoms with Crippen LogP contribution in [0.15, 0.2) is 35.7 Å². The van der Waals surface area contributed by atoms with Gasteiger partial charge in [0, 0.05) is 30.2 Å². The highest BCUT2D eigenvalue weighted by Gasteiger charge is 2.08. The van der Waals surface area contributed by atoms with Crippen molar-refractivity contribution >= 4 is 27.1 Å². The number of thiazole rings is 1. The molecule has 22 heavy (non-hydrogen) atoms. The van der Waals surface area contributed by atoms with Crippen LogP contribution >= 0.6 is 11.3 Å². The summed E-state index contributed by atoms with van der Waals surface area (Å²) in [5.41, 5.74) is 1.94. The van der Waals surface area contributed by atoms with E-state index in [1.165, 1.54) is 0 Å². The van der Waals surface area contributed by atoms with Crippen LogP contribution < -0.4 is 5.32 Å². The molecule has 1 heterocycles. The first-order valence-electron chi connectivity index (χ1n) is 6.88. The summed E-state index contributed by atoms with van der Waals surface area (Å²) in [7, 11) is -3.04. The molecule has 1 amide bonds. The smallest absolute Gasteiger partial charge is 0.220 e. The molecular weight excluding hydrogens is 320 g/mol. The number of hydrogen-bond acceptors (Lipinski definition) is 5. The predicted molar refractivity (Wildman–Crippen MR) is 88.6 cm³/mol. The molecule has 0 saturated carbocycles. The van der Waals surface area contributed by atoms with Gasteiger partial charge in [0.25, 0.3) is 0 Å². The van der Waals surface area contributed by atoms with E-state index in [1.807, 2.05) is 35.7 Å². The highest BCUT2D eigenvalue weighted by atomic mass is 32.2. The molecule has 0 aliphatic rings. The lowest BCUT2D eigenvalue weighted by atomic mass is 10.2. The van der Waals surface area contributed by atoms with Gasteiger partial charge in [-0.2, -0.15) is 0 Å². The summed E-state index contributed by atoms with van der Waals surface area (Å²) in [6.45, 7) is 0.157. The second-order valence-corrected chi connectivity index (χ2v) is 8.11. The fourth-order valence-corrected chi connectivity index (χ4v) is 3.17. The summed E-state index contributed by atoms with van der Waals surface area (Å²) in [5.74, 6) is -0.189. The molecule has 0 aliphatic carbocycles. The maximum atomic E-state index is 11.6. The topological polar surface area (TPSA) is 76.1 Å². The second kappa shape index (κ2) is 7.51. The average molecular weight is 338 g/mol. The monoisotopic (exact) mass is 338 g/mol. The van der Waals surface area contributed by atoms with Gasteiger partial charge < -0.3 is 5.32 Å². The van der Waals surface area contributed by atoms with Crippen molar-refractivity contribution in [2.24, 2.45) is 0 Å². The molecule has 0 unspecified atom stereocenters. The third-order valence-electron chi connectivity index (χ3n) is 2.98. The van der Waals surface area contributed by atoms with E-state index in [-0.39, 0.29) is 18.2 Å². The number of nitrogens with zero attached hydrogens (tertiary/aromatic N) is 1. The van der Waals surface area contributed by atoms with E-state index in [1.54, 1.807) is 11.3 Å². The Hall–Kier alpha value is -1.73. The molecule has 0 atom stereocenters. The Morgan fingerprint density at radius 2 is 2.00 bits per heavy atom. The number of rotatable bonds is 7. The maximum absolute atomic E-state index is 11.6. The number of nitrogens with one attached hydrogen (secondary N) is 1. The Bertz CT molecular complexity index is 724. The first kappa shape index (κ1) is 16.6. The van der Waals surface area contributed by atoms with Crippen molar-refractivity contribution in [1.29, 1.82) is 0 Å².